The molecule has 0 bridgehead atoms. The van der Waals surface area contributed by atoms with Crippen molar-refractivity contribution in [1.82, 2.24) is 34.4 Å². The Balaban J connectivity index is 1.17. The van der Waals surface area contributed by atoms with Gasteiger partial charge in [0.05, 0.1) is 18.1 Å². The number of nitrogens with one attached hydrogen (secondary N) is 2. The molecule has 0 amide bonds. The molecule has 12 heteroatoms. The van der Waals surface area contributed by atoms with Crippen molar-refractivity contribution in [1.29, 1.82) is 0 Å². The smallest absolute Gasteiger partial charge is 0.250 e. The molecular formula is C27H34ClN7O3S. The average Bonchev–Trinajstić information content (AvgIpc) is 3.63. The molecule has 3 N–H and O–H groups in total. The van der Waals surface area contributed by atoms with Gasteiger partial charge in [0.25, 0.3) is 10.0 Å². The lowest BCUT2D eigenvalue weighted by Crippen LogP contribution is -2.30. The molecule has 3 atom stereocenters. The van der Waals surface area contributed by atoms with Crippen LogP contribution in [-0.2, 0) is 16.4 Å². The number of aromatic nitrogens is 5. The zero-order valence-corrected chi connectivity index (χ0v) is 23.4. The number of benzene rings is 1. The van der Waals surface area contributed by atoms with Gasteiger partial charge in [0.15, 0.2) is 0 Å². The fourth-order valence-corrected chi connectivity index (χ4v) is 5.92. The number of hydrogen-bond acceptors (Lipinski definition) is 8. The maximum atomic E-state index is 11.9. The molecule has 4 aromatic rings. The van der Waals surface area contributed by atoms with E-state index in [-0.39, 0.29) is 17.2 Å². The Bertz CT molecular complexity index is 1510. The van der Waals surface area contributed by atoms with Crippen LogP contribution < -0.4 is 10.6 Å². The Kier molecular flexibility index (Phi) is 8.63. The van der Waals surface area contributed by atoms with Gasteiger partial charge in [0.2, 0.25) is 5.28 Å². The molecule has 3 heterocycles. The second-order valence-corrected chi connectivity index (χ2v) is 12.3. The van der Waals surface area contributed by atoms with Crippen LogP contribution in [0.15, 0.2) is 55.0 Å². The largest absolute Gasteiger partial charge is 0.393 e. The molecule has 1 aliphatic carbocycles. The molecule has 5 rings (SSSR count). The van der Waals surface area contributed by atoms with Crippen LogP contribution in [0.3, 0.4) is 0 Å². The predicted molar refractivity (Wildman–Crippen MR) is 152 cm³/mol. The number of nitrogens with zero attached hydrogens (tertiary/aromatic N) is 5. The molecule has 0 spiro atoms. The molecule has 10 nitrogen and oxygen atoms in total. The minimum atomic E-state index is -3.50. The molecule has 1 saturated carbocycles. The SMILES string of the molecule is CS(=O)(=O)n1ccc(-c2cn([C@@H]3C[C@H](CNCCCNCCc4ccccc4)[C@@H](O)C3)c3nc(Cl)ncc23)n1. The Morgan fingerprint density at radius 2 is 1.90 bits per heavy atom. The molecule has 0 saturated heterocycles. The van der Waals surface area contributed by atoms with Gasteiger partial charge >= 0.3 is 0 Å². The fourth-order valence-electron chi connectivity index (χ4n) is 5.28. The number of aliphatic hydroxyl groups is 1. The molecule has 1 aliphatic rings. The lowest BCUT2D eigenvalue weighted by Gasteiger charge is -2.15. The van der Waals surface area contributed by atoms with Crippen LogP contribution in [0, 0.1) is 5.92 Å². The number of halogens is 1. The Hall–Kier alpha value is -2.83. The molecule has 3 aromatic heterocycles. The van der Waals surface area contributed by atoms with Crippen LogP contribution >= 0.6 is 11.6 Å². The van der Waals surface area contributed by atoms with Gasteiger partial charge in [-0.1, -0.05) is 30.3 Å². The first-order chi connectivity index (χ1) is 18.8. The van der Waals surface area contributed by atoms with Gasteiger partial charge < -0.3 is 20.3 Å². The minimum absolute atomic E-state index is 0.0191. The summed E-state index contributed by atoms with van der Waals surface area (Å²) in [7, 11) is -3.50. The first-order valence-electron chi connectivity index (χ1n) is 13.2. The second kappa shape index (κ2) is 12.1. The zero-order chi connectivity index (χ0) is 27.4. The van der Waals surface area contributed by atoms with Gasteiger partial charge in [-0.25, -0.2) is 13.4 Å². The van der Waals surface area contributed by atoms with Crippen LogP contribution in [0.4, 0.5) is 0 Å². The Morgan fingerprint density at radius 3 is 2.67 bits per heavy atom. The van der Waals surface area contributed by atoms with Gasteiger partial charge in [-0.15, -0.1) is 0 Å². The van der Waals surface area contributed by atoms with E-state index >= 15 is 0 Å². The van der Waals surface area contributed by atoms with Gasteiger partial charge in [-0.2, -0.15) is 14.2 Å². The zero-order valence-electron chi connectivity index (χ0n) is 21.9. The van der Waals surface area contributed by atoms with E-state index in [1.165, 1.54) is 11.8 Å². The van der Waals surface area contributed by atoms with E-state index in [4.69, 9.17) is 11.6 Å². The fraction of sp³-hybridized carbons (Fsp3) is 0.444. The summed E-state index contributed by atoms with van der Waals surface area (Å²) in [5, 5.41) is 22.9. The van der Waals surface area contributed by atoms with E-state index in [1.54, 1.807) is 12.3 Å². The molecular weight excluding hydrogens is 538 g/mol. The van der Waals surface area contributed by atoms with Crippen LogP contribution in [0.25, 0.3) is 22.3 Å². The summed E-state index contributed by atoms with van der Waals surface area (Å²) in [5.74, 6) is 0.115. The summed E-state index contributed by atoms with van der Waals surface area (Å²) in [6.07, 6.45) is 9.05. The van der Waals surface area contributed by atoms with Crippen LogP contribution in [-0.4, -0.2) is 75.8 Å². The summed E-state index contributed by atoms with van der Waals surface area (Å²) < 4.78 is 26.8. The predicted octanol–water partition coefficient (Wildman–Crippen LogP) is 2.88. The summed E-state index contributed by atoms with van der Waals surface area (Å²) >= 11 is 6.14. The number of hydrogen-bond donors (Lipinski definition) is 3. The standard InChI is InChI=1S/C27H34ClN7O3S/c1-39(37,38)35-13-9-24(33-35)23-18-34(26-22(23)17-31-27(28)32-26)21-14-20(25(36)15-21)16-30-11-5-10-29-12-8-19-6-3-2-4-7-19/h2-4,6-7,9,13,17-18,20-21,25,29-30,36H,5,8,10-12,14-16H2,1H3/t20-,21-,25+/m1/s1. The van der Waals surface area contributed by atoms with Crippen molar-refractivity contribution in [2.75, 3.05) is 32.4 Å². The van der Waals surface area contributed by atoms with E-state index in [2.05, 4.69) is 50.0 Å². The van der Waals surface area contributed by atoms with Crippen molar-refractivity contribution < 1.29 is 13.5 Å². The highest BCUT2D eigenvalue weighted by Gasteiger charge is 2.35. The van der Waals surface area contributed by atoms with E-state index in [0.717, 1.165) is 66.7 Å². The van der Waals surface area contributed by atoms with E-state index < -0.39 is 16.1 Å². The van der Waals surface area contributed by atoms with Gasteiger partial charge in [0, 0.05) is 42.1 Å². The summed E-state index contributed by atoms with van der Waals surface area (Å²) in [5.41, 5.74) is 3.21. The molecule has 208 valence electrons. The maximum Gasteiger partial charge on any atom is 0.250 e. The van der Waals surface area contributed by atoms with Crippen molar-refractivity contribution in [3.05, 3.63) is 65.8 Å². The van der Waals surface area contributed by atoms with Crippen LogP contribution in [0.2, 0.25) is 5.28 Å². The molecule has 39 heavy (non-hydrogen) atoms. The van der Waals surface area contributed by atoms with Crippen molar-refractivity contribution in [2.24, 2.45) is 5.92 Å². The normalized spacial score (nSPS) is 19.7. The first-order valence-corrected chi connectivity index (χ1v) is 15.5. The molecule has 0 aliphatic heterocycles. The van der Waals surface area contributed by atoms with E-state index in [0.29, 0.717) is 17.8 Å². The Labute approximate surface area is 233 Å². The maximum absolute atomic E-state index is 11.9. The first kappa shape index (κ1) is 27.7. The highest BCUT2D eigenvalue weighted by Crippen LogP contribution is 2.39. The topological polar surface area (TPSA) is 127 Å². The highest BCUT2D eigenvalue weighted by atomic mass is 35.5. The van der Waals surface area contributed by atoms with Gasteiger partial charge in [-0.05, 0) is 74.5 Å². The van der Waals surface area contributed by atoms with Crippen molar-refractivity contribution >= 4 is 32.7 Å². The monoisotopic (exact) mass is 571 g/mol. The lowest BCUT2D eigenvalue weighted by molar-refractivity contribution is 0.130. The molecule has 1 aromatic carbocycles. The van der Waals surface area contributed by atoms with E-state index in [9.17, 15) is 13.5 Å². The average molecular weight is 572 g/mol. The number of fused-ring (bicyclic) bond motifs is 1. The van der Waals surface area contributed by atoms with Crippen LogP contribution in [0.5, 0.6) is 0 Å². The quantitative estimate of drug-likeness (QED) is 0.175. The Morgan fingerprint density at radius 1 is 1.10 bits per heavy atom. The molecule has 0 radical (unpaired) electrons. The summed E-state index contributed by atoms with van der Waals surface area (Å²) in [6, 6.07) is 12.1. The van der Waals surface area contributed by atoms with Crippen LogP contribution in [0.1, 0.15) is 30.9 Å². The third-order valence-electron chi connectivity index (χ3n) is 7.30. The molecule has 1 fully saturated rings. The minimum Gasteiger partial charge on any atom is -0.393 e. The van der Waals surface area contributed by atoms with Crippen molar-refractivity contribution in [3.8, 4) is 11.3 Å². The van der Waals surface area contributed by atoms with Gasteiger partial charge in [0.1, 0.15) is 5.65 Å². The summed E-state index contributed by atoms with van der Waals surface area (Å²) in [4.78, 5) is 8.60. The van der Waals surface area contributed by atoms with Crippen molar-refractivity contribution in [2.45, 2.75) is 37.8 Å². The van der Waals surface area contributed by atoms with E-state index in [1.807, 2.05) is 16.8 Å². The number of aliphatic hydroxyl groups excluding tert-OH is 1. The summed E-state index contributed by atoms with van der Waals surface area (Å²) in [6.45, 7) is 3.53. The van der Waals surface area contributed by atoms with Gasteiger partial charge in [-0.3, -0.25) is 0 Å². The molecule has 0 unspecified atom stereocenters. The number of rotatable bonds is 12. The third kappa shape index (κ3) is 6.67. The lowest BCUT2D eigenvalue weighted by atomic mass is 10.1. The second-order valence-electron chi connectivity index (χ2n) is 10.2. The highest BCUT2D eigenvalue weighted by molar-refractivity contribution is 7.89. The third-order valence-corrected chi connectivity index (χ3v) is 8.36. The van der Waals surface area contributed by atoms with Crippen molar-refractivity contribution in [3.63, 3.8) is 0 Å².